The minimum atomic E-state index is -4.41. The molecule has 3 heterocycles. The summed E-state index contributed by atoms with van der Waals surface area (Å²) in [7, 11) is 0. The molecule has 33 heavy (non-hydrogen) atoms. The maximum atomic E-state index is 13.4. The molecule has 2 fully saturated rings. The third-order valence-corrected chi connectivity index (χ3v) is 7.03. The van der Waals surface area contributed by atoms with Gasteiger partial charge >= 0.3 is 6.18 Å². The molecule has 1 amide bonds. The van der Waals surface area contributed by atoms with Crippen molar-refractivity contribution in [1.82, 2.24) is 5.32 Å². The van der Waals surface area contributed by atoms with E-state index in [1.54, 1.807) is 6.07 Å². The van der Waals surface area contributed by atoms with Crippen LogP contribution >= 0.6 is 0 Å². The van der Waals surface area contributed by atoms with Gasteiger partial charge in [0.2, 0.25) is 5.91 Å². The number of alkyl halides is 3. The van der Waals surface area contributed by atoms with E-state index in [-0.39, 0.29) is 18.1 Å². The van der Waals surface area contributed by atoms with Crippen molar-refractivity contribution < 1.29 is 22.7 Å². The number of fused-ring (bicyclic) bond motifs is 3. The van der Waals surface area contributed by atoms with Crippen LogP contribution in [-0.4, -0.2) is 50.8 Å². The second-order valence-corrected chi connectivity index (χ2v) is 9.07. The number of anilines is 2. The molecule has 3 aliphatic heterocycles. The molecule has 0 aromatic heterocycles. The number of nitrogens with zero attached hydrogens (tertiary/aromatic N) is 2. The predicted octanol–water partition coefficient (Wildman–Crippen LogP) is 3.87. The summed E-state index contributed by atoms with van der Waals surface area (Å²) in [6, 6.07) is 13.9. The van der Waals surface area contributed by atoms with E-state index in [4.69, 9.17) is 4.74 Å². The van der Waals surface area contributed by atoms with Crippen LogP contribution in [0.5, 0.6) is 0 Å². The molecule has 0 unspecified atom stereocenters. The van der Waals surface area contributed by atoms with Crippen LogP contribution in [0.2, 0.25) is 0 Å². The van der Waals surface area contributed by atoms with Crippen molar-refractivity contribution in [2.45, 2.75) is 37.6 Å². The molecule has 2 aromatic rings. The zero-order valence-corrected chi connectivity index (χ0v) is 18.4. The van der Waals surface area contributed by atoms with Gasteiger partial charge in [0.1, 0.15) is 0 Å². The van der Waals surface area contributed by atoms with Gasteiger partial charge in [-0.1, -0.05) is 18.2 Å². The van der Waals surface area contributed by atoms with E-state index in [0.29, 0.717) is 38.2 Å². The molecule has 3 aliphatic rings. The van der Waals surface area contributed by atoms with Gasteiger partial charge in [-0.15, -0.1) is 0 Å². The summed E-state index contributed by atoms with van der Waals surface area (Å²) in [4.78, 5) is 17.7. The Kier molecular flexibility index (Phi) is 5.95. The van der Waals surface area contributed by atoms with Gasteiger partial charge in [0.05, 0.1) is 23.6 Å². The van der Waals surface area contributed by atoms with E-state index < -0.39 is 17.7 Å². The fourth-order valence-electron chi connectivity index (χ4n) is 5.32. The van der Waals surface area contributed by atoms with Crippen LogP contribution in [0.15, 0.2) is 48.5 Å². The maximum absolute atomic E-state index is 13.4. The van der Waals surface area contributed by atoms with Gasteiger partial charge in [0.15, 0.2) is 0 Å². The summed E-state index contributed by atoms with van der Waals surface area (Å²) in [6.45, 7) is 3.18. The maximum Gasteiger partial charge on any atom is 0.416 e. The van der Waals surface area contributed by atoms with Crippen molar-refractivity contribution in [1.29, 1.82) is 0 Å². The minimum absolute atomic E-state index is 0.0185. The molecule has 3 atom stereocenters. The summed E-state index contributed by atoms with van der Waals surface area (Å²) in [5, 5.41) is 3.03. The summed E-state index contributed by atoms with van der Waals surface area (Å²) in [5.74, 6) is -0.549. The van der Waals surface area contributed by atoms with Gasteiger partial charge in [-0.25, -0.2) is 0 Å². The highest BCUT2D eigenvalue weighted by molar-refractivity contribution is 5.82. The predicted molar refractivity (Wildman–Crippen MR) is 120 cm³/mol. The van der Waals surface area contributed by atoms with Crippen molar-refractivity contribution in [3.63, 3.8) is 0 Å². The molecule has 0 spiro atoms. The third-order valence-electron chi connectivity index (χ3n) is 7.03. The Labute approximate surface area is 191 Å². The van der Waals surface area contributed by atoms with Crippen LogP contribution in [0.1, 0.15) is 24.0 Å². The van der Waals surface area contributed by atoms with Crippen molar-refractivity contribution in [3.05, 3.63) is 59.7 Å². The van der Waals surface area contributed by atoms with E-state index in [2.05, 4.69) is 27.2 Å². The largest absolute Gasteiger partial charge is 0.416 e. The Morgan fingerprint density at radius 2 is 1.94 bits per heavy atom. The molecule has 0 bridgehead atoms. The molecule has 2 saturated heterocycles. The van der Waals surface area contributed by atoms with Crippen molar-refractivity contribution in [2.24, 2.45) is 5.92 Å². The Hall–Kier alpha value is -2.74. The number of para-hydroxylation sites is 1. The number of benzene rings is 2. The van der Waals surface area contributed by atoms with E-state index in [9.17, 15) is 18.0 Å². The highest BCUT2D eigenvalue weighted by Gasteiger charge is 2.43. The van der Waals surface area contributed by atoms with Gasteiger partial charge in [-0.05, 0) is 55.2 Å². The number of hydrogen-bond donors (Lipinski definition) is 1. The van der Waals surface area contributed by atoms with Gasteiger partial charge in [-0.2, -0.15) is 13.2 Å². The average Bonchev–Trinajstić information content (AvgIpc) is 3.35. The van der Waals surface area contributed by atoms with Gasteiger partial charge in [0.25, 0.3) is 0 Å². The van der Waals surface area contributed by atoms with E-state index in [1.807, 2.05) is 18.2 Å². The number of halogens is 3. The summed E-state index contributed by atoms with van der Waals surface area (Å²) in [6.07, 6.45) is -2.19. The van der Waals surface area contributed by atoms with E-state index in [0.717, 1.165) is 36.8 Å². The Morgan fingerprint density at radius 3 is 2.67 bits per heavy atom. The average molecular weight is 460 g/mol. The van der Waals surface area contributed by atoms with Crippen molar-refractivity contribution in [3.8, 4) is 0 Å². The first-order chi connectivity index (χ1) is 15.9. The fraction of sp³-hybridized carbons (Fsp3) is 0.480. The number of carbonyl (C=O) groups excluding carboxylic acids is 1. The quantitative estimate of drug-likeness (QED) is 0.754. The summed E-state index contributed by atoms with van der Waals surface area (Å²) < 4.78 is 45.7. The lowest BCUT2D eigenvalue weighted by Gasteiger charge is -2.49. The molecule has 1 N–H and O–H groups in total. The van der Waals surface area contributed by atoms with Crippen molar-refractivity contribution in [2.75, 3.05) is 42.6 Å². The van der Waals surface area contributed by atoms with Crippen LogP contribution in [0.25, 0.3) is 0 Å². The summed E-state index contributed by atoms with van der Waals surface area (Å²) in [5.41, 5.74) is 1.82. The van der Waals surface area contributed by atoms with Crippen LogP contribution in [0, 0.1) is 5.92 Å². The third kappa shape index (κ3) is 4.53. The van der Waals surface area contributed by atoms with E-state index in [1.165, 1.54) is 6.07 Å². The lowest BCUT2D eigenvalue weighted by atomic mass is 9.82. The first kappa shape index (κ1) is 22.1. The lowest BCUT2D eigenvalue weighted by molar-refractivity contribution is -0.137. The van der Waals surface area contributed by atoms with Crippen LogP contribution < -0.4 is 15.1 Å². The second kappa shape index (κ2) is 8.89. The van der Waals surface area contributed by atoms with Crippen LogP contribution in [0.3, 0.4) is 0 Å². The summed E-state index contributed by atoms with van der Waals surface area (Å²) >= 11 is 0. The first-order valence-corrected chi connectivity index (χ1v) is 11.6. The number of piperazine rings is 1. The number of carbonyl (C=O) groups is 1. The molecular weight excluding hydrogens is 431 g/mol. The van der Waals surface area contributed by atoms with Crippen molar-refractivity contribution >= 4 is 17.3 Å². The molecule has 0 aliphatic carbocycles. The molecule has 5 rings (SSSR count). The number of hydrogen-bond acceptors (Lipinski definition) is 4. The van der Waals surface area contributed by atoms with Crippen LogP contribution in [0.4, 0.5) is 24.5 Å². The topological polar surface area (TPSA) is 44.8 Å². The lowest BCUT2D eigenvalue weighted by Crippen LogP contribution is -2.61. The van der Waals surface area contributed by atoms with Gasteiger partial charge in [-0.3, -0.25) is 4.79 Å². The molecular formula is C25H28F3N3O2. The molecule has 8 heteroatoms. The monoisotopic (exact) mass is 459 g/mol. The highest BCUT2D eigenvalue weighted by Crippen LogP contribution is 2.40. The van der Waals surface area contributed by atoms with Crippen LogP contribution in [-0.2, 0) is 22.1 Å². The van der Waals surface area contributed by atoms with E-state index >= 15 is 0 Å². The first-order valence-electron chi connectivity index (χ1n) is 11.6. The molecule has 0 radical (unpaired) electrons. The SMILES string of the molecule is O=C(NC[C@@H]1CCCO1)[C@H]1Cc2cc(C(F)(F)F)ccc2N2CCN(c3ccccc3)C[C@H]12. The zero-order chi connectivity index (χ0) is 23.0. The highest BCUT2D eigenvalue weighted by atomic mass is 19.4. The number of nitrogens with one attached hydrogen (secondary N) is 1. The Balaban J connectivity index is 1.42. The molecule has 0 saturated carbocycles. The smallest absolute Gasteiger partial charge is 0.376 e. The zero-order valence-electron chi connectivity index (χ0n) is 18.4. The van der Waals surface area contributed by atoms with Gasteiger partial charge in [0, 0.05) is 44.2 Å². The Morgan fingerprint density at radius 1 is 1.12 bits per heavy atom. The minimum Gasteiger partial charge on any atom is -0.376 e. The molecule has 5 nitrogen and oxygen atoms in total. The molecule has 2 aromatic carbocycles. The normalized spacial score (nSPS) is 24.9. The molecule has 176 valence electrons. The number of rotatable bonds is 4. The number of ether oxygens (including phenoxy) is 1. The standard InChI is InChI=1S/C25H28F3N3O2/c26-25(27,28)18-8-9-22-17(13-18)14-21(24(32)29-15-20-7-4-12-33-20)23-16-30(10-11-31(22)23)19-5-2-1-3-6-19/h1-3,5-6,8-9,13,20-21,23H,4,7,10-12,14-16H2,(H,29,32)/t20-,21-,23+/m0/s1. The van der Waals surface area contributed by atoms with Gasteiger partial charge < -0.3 is 19.9 Å². The number of amides is 1. The fourth-order valence-corrected chi connectivity index (χ4v) is 5.32. The second-order valence-electron chi connectivity index (χ2n) is 9.07. The Bertz CT molecular complexity index is 992.